The van der Waals surface area contributed by atoms with Gasteiger partial charge >= 0.3 is 0 Å². The summed E-state index contributed by atoms with van der Waals surface area (Å²) in [7, 11) is 0. The smallest absolute Gasteiger partial charge is 0.240 e. The molecule has 3 saturated heterocycles. The molecule has 2 aromatic carbocycles. The van der Waals surface area contributed by atoms with E-state index < -0.39 is 0 Å². The molecule has 0 unspecified atom stereocenters. The highest BCUT2D eigenvalue weighted by molar-refractivity contribution is 6.22. The van der Waals surface area contributed by atoms with Gasteiger partial charge in [-0.15, -0.1) is 0 Å². The van der Waals surface area contributed by atoms with Crippen LogP contribution in [0.25, 0.3) is 0 Å². The zero-order valence-corrected chi connectivity index (χ0v) is 18.3. The van der Waals surface area contributed by atoms with Crippen LogP contribution in [0, 0.1) is 11.8 Å². The first-order valence-electron chi connectivity index (χ1n) is 11.2. The van der Waals surface area contributed by atoms with Gasteiger partial charge in [-0.25, -0.2) is 4.90 Å². The van der Waals surface area contributed by atoms with Gasteiger partial charge in [0.15, 0.2) is 11.5 Å². The second kappa shape index (κ2) is 8.47. The Labute approximate surface area is 187 Å². The van der Waals surface area contributed by atoms with Gasteiger partial charge < -0.3 is 18.9 Å². The Morgan fingerprint density at radius 1 is 0.844 bits per heavy atom. The van der Waals surface area contributed by atoms with E-state index in [1.54, 1.807) is 24.3 Å². The molecule has 2 amide bonds. The predicted octanol–water partition coefficient (Wildman–Crippen LogP) is 3.73. The lowest BCUT2D eigenvalue weighted by Gasteiger charge is -2.18. The molecule has 3 aliphatic heterocycles. The van der Waals surface area contributed by atoms with Crippen molar-refractivity contribution in [3.05, 3.63) is 48.0 Å². The summed E-state index contributed by atoms with van der Waals surface area (Å²) in [6.45, 7) is 5.35. The Hall–Kier alpha value is -3.06. The molecule has 4 atom stereocenters. The number of imide groups is 1. The number of ether oxygens (including phenoxy) is 4. The van der Waals surface area contributed by atoms with E-state index in [1.165, 1.54) is 4.90 Å². The molecule has 32 heavy (non-hydrogen) atoms. The average molecular weight is 437 g/mol. The number of carbonyl (C=O) groups is 2. The Morgan fingerprint density at radius 3 is 2.09 bits per heavy atom. The molecule has 3 aliphatic rings. The molecule has 5 rings (SSSR count). The van der Waals surface area contributed by atoms with Crippen LogP contribution in [0.4, 0.5) is 5.69 Å². The monoisotopic (exact) mass is 437 g/mol. The number of anilines is 1. The van der Waals surface area contributed by atoms with Crippen molar-refractivity contribution in [1.29, 1.82) is 0 Å². The van der Waals surface area contributed by atoms with Gasteiger partial charge in [-0.1, -0.05) is 6.07 Å². The van der Waals surface area contributed by atoms with Gasteiger partial charge in [0.2, 0.25) is 11.8 Å². The summed E-state index contributed by atoms with van der Waals surface area (Å²) in [4.78, 5) is 27.2. The first kappa shape index (κ1) is 20.8. The first-order chi connectivity index (χ1) is 15.6. The van der Waals surface area contributed by atoms with Crippen LogP contribution in [0.3, 0.4) is 0 Å². The zero-order valence-electron chi connectivity index (χ0n) is 18.3. The van der Waals surface area contributed by atoms with Crippen molar-refractivity contribution in [1.82, 2.24) is 0 Å². The van der Waals surface area contributed by atoms with Crippen molar-refractivity contribution in [2.75, 3.05) is 18.1 Å². The van der Waals surface area contributed by atoms with Crippen molar-refractivity contribution >= 4 is 17.5 Å². The molecule has 7 nitrogen and oxygen atoms in total. The van der Waals surface area contributed by atoms with Crippen LogP contribution < -0.4 is 19.1 Å². The molecule has 0 radical (unpaired) electrons. The molecule has 0 aromatic heterocycles. The number of rotatable bonds is 8. The largest absolute Gasteiger partial charge is 0.490 e. The summed E-state index contributed by atoms with van der Waals surface area (Å²) in [6.07, 6.45) is 1.51. The summed E-state index contributed by atoms with van der Waals surface area (Å²) < 4.78 is 23.0. The topological polar surface area (TPSA) is 74.3 Å². The van der Waals surface area contributed by atoms with E-state index in [-0.39, 0.29) is 35.9 Å². The van der Waals surface area contributed by atoms with Gasteiger partial charge in [-0.05, 0) is 68.7 Å². The zero-order chi connectivity index (χ0) is 22.2. The summed E-state index contributed by atoms with van der Waals surface area (Å²) in [5, 5.41) is 0. The normalized spacial score (nSPS) is 25.9. The Morgan fingerprint density at radius 2 is 1.47 bits per heavy atom. The summed E-state index contributed by atoms with van der Waals surface area (Å²) in [5.74, 6) is 1.14. The van der Waals surface area contributed by atoms with Crippen molar-refractivity contribution in [3.63, 3.8) is 0 Å². The maximum atomic E-state index is 12.9. The Bertz CT molecular complexity index is 992. The molecule has 168 valence electrons. The van der Waals surface area contributed by atoms with Gasteiger partial charge in [0, 0.05) is 0 Å². The maximum absolute atomic E-state index is 12.9. The number of hydrogen-bond acceptors (Lipinski definition) is 6. The minimum atomic E-state index is -0.323. The van der Waals surface area contributed by atoms with Gasteiger partial charge in [0.25, 0.3) is 0 Å². The molecule has 7 heteroatoms. The number of benzene rings is 2. The third-order valence-electron chi connectivity index (χ3n) is 6.39. The highest BCUT2D eigenvalue weighted by Gasteiger charge is 2.62. The van der Waals surface area contributed by atoms with Crippen molar-refractivity contribution < 1.29 is 28.5 Å². The van der Waals surface area contributed by atoms with Gasteiger partial charge in [-0.3, -0.25) is 9.59 Å². The van der Waals surface area contributed by atoms with Crippen LogP contribution in [0.15, 0.2) is 42.5 Å². The lowest BCUT2D eigenvalue weighted by Crippen LogP contribution is -2.34. The Balaban J connectivity index is 1.25. The van der Waals surface area contributed by atoms with Crippen LogP contribution >= 0.6 is 0 Å². The highest BCUT2D eigenvalue weighted by atomic mass is 16.5. The van der Waals surface area contributed by atoms with Crippen molar-refractivity contribution in [2.45, 2.75) is 45.5 Å². The van der Waals surface area contributed by atoms with Crippen LogP contribution in [0.5, 0.6) is 17.2 Å². The summed E-state index contributed by atoms with van der Waals surface area (Å²) in [6, 6.07) is 12.8. The number of hydrogen-bond donors (Lipinski definition) is 0. The van der Waals surface area contributed by atoms with Crippen LogP contribution in [0.1, 0.15) is 32.3 Å². The molecular formula is C25H27NO6. The number of carbonyl (C=O) groups excluding carboxylic acids is 2. The van der Waals surface area contributed by atoms with E-state index in [0.29, 0.717) is 42.8 Å². The fourth-order valence-corrected chi connectivity index (χ4v) is 5.01. The van der Waals surface area contributed by atoms with Gasteiger partial charge in [0.1, 0.15) is 12.4 Å². The maximum Gasteiger partial charge on any atom is 0.240 e. The lowest BCUT2D eigenvalue weighted by molar-refractivity contribution is -0.124. The van der Waals surface area contributed by atoms with Gasteiger partial charge in [0.05, 0.1) is 42.9 Å². The lowest BCUT2D eigenvalue weighted by atomic mass is 9.81. The van der Waals surface area contributed by atoms with E-state index in [0.717, 1.165) is 18.4 Å². The number of fused-ring (bicyclic) bond motifs is 5. The number of amides is 2. The quantitative estimate of drug-likeness (QED) is 0.586. The third-order valence-corrected chi connectivity index (χ3v) is 6.39. The molecular weight excluding hydrogens is 410 g/mol. The van der Waals surface area contributed by atoms with Crippen molar-refractivity contribution in [3.8, 4) is 17.2 Å². The second-order valence-electron chi connectivity index (χ2n) is 8.28. The van der Waals surface area contributed by atoms with Crippen LogP contribution in [-0.4, -0.2) is 37.2 Å². The predicted molar refractivity (Wildman–Crippen MR) is 117 cm³/mol. The minimum absolute atomic E-state index is 0.107. The molecule has 0 N–H and O–H groups in total. The first-order valence-corrected chi connectivity index (χ1v) is 11.2. The molecule has 0 aliphatic carbocycles. The SMILES string of the molecule is CCOc1ccc(COc2ccc(N3C(=O)[C@@H]4[C@H](C3=O)[C@H]3CC[C@@H]4O3)cc2)cc1OCC. The van der Waals surface area contributed by atoms with E-state index in [4.69, 9.17) is 18.9 Å². The minimum Gasteiger partial charge on any atom is -0.490 e. The molecule has 2 aromatic rings. The van der Waals surface area contributed by atoms with E-state index in [1.807, 2.05) is 32.0 Å². The molecule has 0 saturated carbocycles. The standard InChI is InChI=1S/C25H27NO6/c1-3-29-18-10-5-15(13-21(18)30-4-2)14-31-17-8-6-16(7-9-17)26-24(27)22-19-11-12-20(32-19)23(22)25(26)28/h5-10,13,19-20,22-23H,3-4,11-12,14H2,1-2H3/t19-,20+,22-,23+. The molecule has 2 bridgehead atoms. The third kappa shape index (κ3) is 3.50. The summed E-state index contributed by atoms with van der Waals surface area (Å²) in [5.41, 5.74) is 1.54. The van der Waals surface area contributed by atoms with Crippen LogP contribution in [0.2, 0.25) is 0 Å². The van der Waals surface area contributed by atoms with E-state index >= 15 is 0 Å². The number of nitrogens with zero attached hydrogens (tertiary/aromatic N) is 1. The van der Waals surface area contributed by atoms with Gasteiger partial charge in [-0.2, -0.15) is 0 Å². The fourth-order valence-electron chi connectivity index (χ4n) is 5.01. The summed E-state index contributed by atoms with van der Waals surface area (Å²) >= 11 is 0. The van der Waals surface area contributed by atoms with E-state index in [2.05, 4.69) is 0 Å². The molecule has 3 fully saturated rings. The molecule has 0 spiro atoms. The molecule has 3 heterocycles. The highest BCUT2D eigenvalue weighted by Crippen LogP contribution is 2.49. The van der Waals surface area contributed by atoms with Crippen molar-refractivity contribution in [2.24, 2.45) is 11.8 Å². The second-order valence-corrected chi connectivity index (χ2v) is 8.28. The van der Waals surface area contributed by atoms with E-state index in [9.17, 15) is 9.59 Å². The average Bonchev–Trinajstić information content (AvgIpc) is 3.48. The Kier molecular flexibility index (Phi) is 5.51. The fraction of sp³-hybridized carbons (Fsp3) is 0.440. The van der Waals surface area contributed by atoms with Crippen LogP contribution in [-0.2, 0) is 20.9 Å².